The molecule has 1 atom stereocenters. The summed E-state index contributed by atoms with van der Waals surface area (Å²) in [6.45, 7) is 4.94. The second kappa shape index (κ2) is 5.78. The number of hydrogen-bond acceptors (Lipinski definition) is 3. The molecule has 2 aliphatic heterocycles. The van der Waals surface area contributed by atoms with Gasteiger partial charge in [0.2, 0.25) is 0 Å². The van der Waals surface area contributed by atoms with Crippen molar-refractivity contribution < 1.29 is 4.79 Å². The van der Waals surface area contributed by atoms with Gasteiger partial charge in [0.1, 0.15) is 0 Å². The lowest BCUT2D eigenvalue weighted by Gasteiger charge is -2.23. The van der Waals surface area contributed by atoms with Crippen LogP contribution in [0.1, 0.15) is 41.3 Å². The predicted octanol–water partition coefficient (Wildman–Crippen LogP) is 2.35. The predicted molar refractivity (Wildman–Crippen MR) is 84.3 cm³/mol. The Labute approximate surface area is 124 Å². The minimum absolute atomic E-state index is 0.0621. The summed E-state index contributed by atoms with van der Waals surface area (Å²) in [5, 5.41) is 6.46. The molecule has 1 aromatic carbocycles. The van der Waals surface area contributed by atoms with E-state index in [-0.39, 0.29) is 10.7 Å². The molecule has 4 heteroatoms. The largest absolute Gasteiger partial charge is 0.351 e. The van der Waals surface area contributed by atoms with Crippen molar-refractivity contribution in [2.75, 3.05) is 18.8 Å². The van der Waals surface area contributed by atoms with Crippen LogP contribution in [-0.2, 0) is 13.0 Å². The molecule has 3 nitrogen and oxygen atoms in total. The number of rotatable bonds is 3. The number of carbonyl (C=O) groups excluding carboxylic acids is 1. The maximum atomic E-state index is 12.3. The van der Waals surface area contributed by atoms with Gasteiger partial charge < -0.3 is 10.6 Å². The van der Waals surface area contributed by atoms with Gasteiger partial charge in [-0.15, -0.1) is 0 Å². The summed E-state index contributed by atoms with van der Waals surface area (Å²) < 4.78 is 0.228. The van der Waals surface area contributed by atoms with Crippen molar-refractivity contribution in [3.05, 3.63) is 34.9 Å². The van der Waals surface area contributed by atoms with Crippen LogP contribution < -0.4 is 10.6 Å². The van der Waals surface area contributed by atoms with Crippen LogP contribution in [0.15, 0.2) is 18.2 Å². The molecule has 0 spiro atoms. The van der Waals surface area contributed by atoms with E-state index in [1.807, 2.05) is 23.9 Å². The van der Waals surface area contributed by atoms with E-state index >= 15 is 0 Å². The molecule has 0 aromatic heterocycles. The van der Waals surface area contributed by atoms with E-state index in [4.69, 9.17) is 0 Å². The molecule has 0 aliphatic carbocycles. The van der Waals surface area contributed by atoms with E-state index < -0.39 is 0 Å². The highest BCUT2D eigenvalue weighted by Gasteiger charge is 2.29. The van der Waals surface area contributed by atoms with Crippen molar-refractivity contribution in [3.8, 4) is 0 Å². The zero-order chi connectivity index (χ0) is 14.0. The van der Waals surface area contributed by atoms with E-state index in [1.54, 1.807) is 0 Å². The van der Waals surface area contributed by atoms with Crippen molar-refractivity contribution in [1.29, 1.82) is 0 Å². The highest BCUT2D eigenvalue weighted by atomic mass is 32.2. The zero-order valence-electron chi connectivity index (χ0n) is 12.0. The van der Waals surface area contributed by atoms with Crippen LogP contribution in [0.5, 0.6) is 0 Å². The standard InChI is InChI=1S/C16H22N2OS/c1-16(6-2-8-20-16)11-18-15(19)13-4-3-12-5-7-17-10-14(12)9-13/h3-4,9,17H,2,5-8,10-11H2,1H3,(H,18,19). The minimum atomic E-state index is 0.0621. The number of nitrogens with one attached hydrogen (secondary N) is 2. The van der Waals surface area contributed by atoms with E-state index in [0.29, 0.717) is 0 Å². The highest BCUT2D eigenvalue weighted by molar-refractivity contribution is 8.00. The van der Waals surface area contributed by atoms with Gasteiger partial charge in [-0.05, 0) is 61.7 Å². The fraction of sp³-hybridized carbons (Fsp3) is 0.562. The summed E-state index contributed by atoms with van der Waals surface area (Å²) >= 11 is 1.98. The Kier molecular flexibility index (Phi) is 4.03. The molecule has 0 radical (unpaired) electrons. The number of carbonyl (C=O) groups is 1. The van der Waals surface area contributed by atoms with Crippen LogP contribution in [-0.4, -0.2) is 29.5 Å². The topological polar surface area (TPSA) is 41.1 Å². The Morgan fingerprint density at radius 1 is 1.45 bits per heavy atom. The average molecular weight is 290 g/mol. The van der Waals surface area contributed by atoms with Crippen LogP contribution >= 0.6 is 11.8 Å². The van der Waals surface area contributed by atoms with Gasteiger partial charge >= 0.3 is 0 Å². The van der Waals surface area contributed by atoms with Crippen molar-refractivity contribution >= 4 is 17.7 Å². The molecule has 1 fully saturated rings. The number of hydrogen-bond donors (Lipinski definition) is 2. The maximum absolute atomic E-state index is 12.3. The van der Waals surface area contributed by atoms with Gasteiger partial charge in [-0.1, -0.05) is 6.07 Å². The maximum Gasteiger partial charge on any atom is 0.251 e. The van der Waals surface area contributed by atoms with Crippen molar-refractivity contribution in [1.82, 2.24) is 10.6 Å². The fourth-order valence-electron chi connectivity index (χ4n) is 2.97. The molecule has 20 heavy (non-hydrogen) atoms. The Balaban J connectivity index is 1.65. The molecule has 1 saturated heterocycles. The summed E-state index contributed by atoms with van der Waals surface area (Å²) in [6, 6.07) is 6.11. The summed E-state index contributed by atoms with van der Waals surface area (Å²) in [5.41, 5.74) is 3.43. The van der Waals surface area contributed by atoms with Gasteiger partial charge in [-0.25, -0.2) is 0 Å². The van der Waals surface area contributed by atoms with Gasteiger partial charge in [0.25, 0.3) is 5.91 Å². The lowest BCUT2D eigenvalue weighted by molar-refractivity contribution is 0.0950. The Morgan fingerprint density at radius 3 is 3.15 bits per heavy atom. The smallest absolute Gasteiger partial charge is 0.251 e. The molecule has 0 saturated carbocycles. The summed E-state index contributed by atoms with van der Waals surface area (Å²) in [7, 11) is 0. The van der Waals surface area contributed by atoms with Gasteiger partial charge in [0.05, 0.1) is 0 Å². The van der Waals surface area contributed by atoms with Crippen LogP contribution in [0.4, 0.5) is 0 Å². The molecule has 3 rings (SSSR count). The second-order valence-electron chi connectivity index (χ2n) is 5.99. The van der Waals surface area contributed by atoms with Gasteiger partial charge in [-0.3, -0.25) is 4.79 Å². The van der Waals surface area contributed by atoms with E-state index in [2.05, 4.69) is 23.6 Å². The molecule has 1 amide bonds. The van der Waals surface area contributed by atoms with Gasteiger partial charge in [-0.2, -0.15) is 11.8 Å². The van der Waals surface area contributed by atoms with Crippen LogP contribution in [0.2, 0.25) is 0 Å². The molecule has 108 valence electrons. The summed E-state index contributed by atoms with van der Waals surface area (Å²) in [5.74, 6) is 1.28. The second-order valence-corrected chi connectivity index (χ2v) is 7.68. The molecular weight excluding hydrogens is 268 g/mol. The third-order valence-electron chi connectivity index (χ3n) is 4.28. The average Bonchev–Trinajstić information content (AvgIpc) is 2.91. The number of benzene rings is 1. The Morgan fingerprint density at radius 2 is 2.35 bits per heavy atom. The number of amides is 1. The summed E-state index contributed by atoms with van der Waals surface area (Å²) in [4.78, 5) is 12.3. The molecule has 2 heterocycles. The molecule has 1 unspecified atom stereocenters. The SMILES string of the molecule is CC1(CNC(=O)c2ccc3c(c2)CNCC3)CCCS1. The molecule has 1 aromatic rings. The molecule has 0 bridgehead atoms. The Bertz CT molecular complexity index is 509. The van der Waals surface area contributed by atoms with Crippen LogP contribution in [0, 0.1) is 0 Å². The van der Waals surface area contributed by atoms with Crippen molar-refractivity contribution in [2.45, 2.75) is 37.5 Å². The molecule has 2 aliphatic rings. The van der Waals surface area contributed by atoms with Gasteiger partial charge in [0.15, 0.2) is 0 Å². The minimum Gasteiger partial charge on any atom is -0.351 e. The van der Waals surface area contributed by atoms with Gasteiger partial charge in [0, 0.05) is 23.4 Å². The lowest BCUT2D eigenvalue weighted by atomic mass is 9.98. The van der Waals surface area contributed by atoms with Crippen LogP contribution in [0.3, 0.4) is 0 Å². The van der Waals surface area contributed by atoms with Crippen molar-refractivity contribution in [2.24, 2.45) is 0 Å². The third-order valence-corrected chi connectivity index (χ3v) is 5.82. The molecular formula is C16H22N2OS. The highest BCUT2D eigenvalue weighted by Crippen LogP contribution is 2.37. The van der Waals surface area contributed by atoms with Crippen molar-refractivity contribution in [3.63, 3.8) is 0 Å². The first kappa shape index (κ1) is 14.0. The first-order valence-corrected chi connectivity index (χ1v) is 8.40. The zero-order valence-corrected chi connectivity index (χ0v) is 12.8. The monoisotopic (exact) mass is 290 g/mol. The quantitative estimate of drug-likeness (QED) is 0.898. The lowest BCUT2D eigenvalue weighted by Crippen LogP contribution is -2.36. The third kappa shape index (κ3) is 3.01. The van der Waals surface area contributed by atoms with Crippen LogP contribution in [0.25, 0.3) is 0 Å². The first-order valence-electron chi connectivity index (χ1n) is 7.41. The first-order chi connectivity index (χ1) is 9.66. The summed E-state index contributed by atoms with van der Waals surface area (Å²) in [6.07, 6.45) is 3.53. The number of fused-ring (bicyclic) bond motifs is 1. The number of thioether (sulfide) groups is 1. The van der Waals surface area contributed by atoms with E-state index in [1.165, 1.54) is 29.7 Å². The normalized spacial score (nSPS) is 25.2. The Hall–Kier alpha value is -1.00. The van der Waals surface area contributed by atoms with E-state index in [0.717, 1.165) is 31.6 Å². The fourth-order valence-corrected chi connectivity index (χ4v) is 4.21. The molecule has 2 N–H and O–H groups in total. The van der Waals surface area contributed by atoms with E-state index in [9.17, 15) is 4.79 Å².